The molecular weight excluding hydrogens is 210 g/mol. The van der Waals surface area contributed by atoms with Crippen LogP contribution in [-0.4, -0.2) is 36.2 Å². The predicted molar refractivity (Wildman–Crippen MR) is 74.1 cm³/mol. The van der Waals surface area contributed by atoms with Crippen LogP contribution in [0.1, 0.15) is 53.9 Å². The van der Waals surface area contributed by atoms with Crippen LogP contribution in [0.25, 0.3) is 0 Å². The van der Waals surface area contributed by atoms with Gasteiger partial charge in [0.25, 0.3) is 0 Å². The predicted octanol–water partition coefficient (Wildman–Crippen LogP) is 3.15. The van der Waals surface area contributed by atoms with E-state index < -0.39 is 0 Å². The molecule has 2 nitrogen and oxygen atoms in total. The first-order valence-corrected chi connectivity index (χ1v) is 7.20. The van der Waals surface area contributed by atoms with Crippen molar-refractivity contribution in [1.29, 1.82) is 0 Å². The molecule has 1 aliphatic heterocycles. The van der Waals surface area contributed by atoms with Crippen LogP contribution in [0.4, 0.5) is 0 Å². The molecule has 0 aromatic heterocycles. The molecule has 1 unspecified atom stereocenters. The van der Waals surface area contributed by atoms with Gasteiger partial charge < -0.3 is 10.0 Å². The summed E-state index contributed by atoms with van der Waals surface area (Å²) in [5, 5.41) is 9.64. The van der Waals surface area contributed by atoms with Crippen LogP contribution in [0.15, 0.2) is 0 Å². The molecule has 0 aliphatic carbocycles. The van der Waals surface area contributed by atoms with E-state index in [2.05, 4.69) is 39.5 Å². The lowest BCUT2D eigenvalue weighted by atomic mass is 9.80. The second kappa shape index (κ2) is 5.71. The molecule has 0 aromatic carbocycles. The van der Waals surface area contributed by atoms with Gasteiger partial charge in [0.15, 0.2) is 0 Å². The third-order valence-electron chi connectivity index (χ3n) is 4.89. The second-order valence-corrected chi connectivity index (χ2v) is 6.95. The van der Waals surface area contributed by atoms with Crippen LogP contribution >= 0.6 is 0 Å². The molecular formula is C15H31NO. The fraction of sp³-hybridized carbons (Fsp3) is 1.00. The number of likely N-dealkylation sites (tertiary alicyclic amines) is 1. The van der Waals surface area contributed by atoms with Crippen molar-refractivity contribution in [2.75, 3.05) is 26.2 Å². The maximum absolute atomic E-state index is 9.64. The van der Waals surface area contributed by atoms with Crippen molar-refractivity contribution in [3.05, 3.63) is 0 Å². The van der Waals surface area contributed by atoms with Crippen molar-refractivity contribution in [3.8, 4) is 0 Å². The van der Waals surface area contributed by atoms with Gasteiger partial charge in [0.05, 0.1) is 0 Å². The van der Waals surface area contributed by atoms with Gasteiger partial charge in [-0.15, -0.1) is 0 Å². The lowest BCUT2D eigenvalue weighted by Crippen LogP contribution is -2.39. The van der Waals surface area contributed by atoms with Crippen molar-refractivity contribution in [2.45, 2.75) is 53.9 Å². The molecule has 0 saturated carbocycles. The summed E-state index contributed by atoms with van der Waals surface area (Å²) < 4.78 is 0. The lowest BCUT2D eigenvalue weighted by molar-refractivity contribution is 0.0708. The summed E-state index contributed by atoms with van der Waals surface area (Å²) >= 11 is 0. The average molecular weight is 241 g/mol. The highest BCUT2D eigenvalue weighted by Gasteiger charge is 2.35. The van der Waals surface area contributed by atoms with E-state index in [1.54, 1.807) is 0 Å². The van der Waals surface area contributed by atoms with Crippen LogP contribution < -0.4 is 0 Å². The number of aliphatic hydroxyl groups is 1. The van der Waals surface area contributed by atoms with Gasteiger partial charge in [-0.3, -0.25) is 0 Å². The Morgan fingerprint density at radius 1 is 1.18 bits per heavy atom. The van der Waals surface area contributed by atoms with E-state index in [1.807, 2.05) is 0 Å². The highest BCUT2D eigenvalue weighted by Crippen LogP contribution is 2.36. The van der Waals surface area contributed by atoms with Gasteiger partial charge in [-0.2, -0.15) is 0 Å². The Labute approximate surface area is 107 Å². The Kier molecular flexibility index (Phi) is 5.03. The molecule has 1 fully saturated rings. The van der Waals surface area contributed by atoms with E-state index in [-0.39, 0.29) is 5.41 Å². The maximum Gasteiger partial charge on any atom is 0.0499 e. The summed E-state index contributed by atoms with van der Waals surface area (Å²) in [5.41, 5.74) is 0.557. The largest absolute Gasteiger partial charge is 0.396 e. The van der Waals surface area contributed by atoms with Gasteiger partial charge in [0.2, 0.25) is 0 Å². The van der Waals surface area contributed by atoms with Crippen molar-refractivity contribution in [1.82, 2.24) is 4.90 Å². The molecule has 1 rings (SSSR count). The first-order chi connectivity index (χ1) is 7.87. The quantitative estimate of drug-likeness (QED) is 0.799. The molecule has 0 bridgehead atoms. The lowest BCUT2D eigenvalue weighted by Gasteiger charge is -2.35. The van der Waals surface area contributed by atoms with E-state index >= 15 is 0 Å². The molecule has 1 aliphatic rings. The van der Waals surface area contributed by atoms with Gasteiger partial charge >= 0.3 is 0 Å². The summed E-state index contributed by atoms with van der Waals surface area (Å²) in [6.07, 6.45) is 3.48. The number of rotatable bonds is 5. The Morgan fingerprint density at radius 2 is 1.76 bits per heavy atom. The molecule has 1 atom stereocenters. The molecule has 17 heavy (non-hydrogen) atoms. The van der Waals surface area contributed by atoms with Crippen molar-refractivity contribution in [2.24, 2.45) is 16.7 Å². The van der Waals surface area contributed by atoms with Crippen LogP contribution in [0.3, 0.4) is 0 Å². The molecule has 1 saturated heterocycles. The third kappa shape index (κ3) is 3.69. The normalized spacial score (nSPS) is 23.3. The average Bonchev–Trinajstić information content (AvgIpc) is 2.74. The van der Waals surface area contributed by atoms with E-state index in [0.29, 0.717) is 12.0 Å². The Morgan fingerprint density at radius 3 is 2.12 bits per heavy atom. The first kappa shape index (κ1) is 15.0. The van der Waals surface area contributed by atoms with Crippen LogP contribution in [0.5, 0.6) is 0 Å². The van der Waals surface area contributed by atoms with E-state index in [4.69, 9.17) is 0 Å². The Balaban J connectivity index is 2.55. The van der Waals surface area contributed by atoms with E-state index in [0.717, 1.165) is 25.3 Å². The topological polar surface area (TPSA) is 23.5 Å². The number of aliphatic hydroxyl groups excluding tert-OH is 1. The van der Waals surface area contributed by atoms with Gasteiger partial charge in [0.1, 0.15) is 0 Å². The van der Waals surface area contributed by atoms with Gasteiger partial charge in [-0.05, 0) is 37.1 Å². The molecule has 1 N–H and O–H groups in total. The molecule has 2 heteroatoms. The zero-order valence-electron chi connectivity index (χ0n) is 12.4. The highest BCUT2D eigenvalue weighted by atomic mass is 16.3. The molecule has 1 heterocycles. The second-order valence-electron chi connectivity index (χ2n) is 6.95. The van der Waals surface area contributed by atoms with E-state index in [9.17, 15) is 5.11 Å². The van der Waals surface area contributed by atoms with Crippen LogP contribution in [-0.2, 0) is 0 Å². The molecule has 0 aromatic rings. The van der Waals surface area contributed by atoms with Gasteiger partial charge in [0, 0.05) is 25.1 Å². The standard InChI is InChI=1S/C15H31NO/c1-6-15(7-2,12-17)11-16-9-8-13(10-16)14(3,4)5/h13,17H,6-12H2,1-5H3. The van der Waals surface area contributed by atoms with Crippen molar-refractivity contribution in [3.63, 3.8) is 0 Å². The smallest absolute Gasteiger partial charge is 0.0499 e. The fourth-order valence-corrected chi connectivity index (χ4v) is 2.90. The van der Waals surface area contributed by atoms with Crippen LogP contribution in [0.2, 0.25) is 0 Å². The maximum atomic E-state index is 9.64. The number of hydrogen-bond acceptors (Lipinski definition) is 2. The summed E-state index contributed by atoms with van der Waals surface area (Å²) in [6, 6.07) is 0. The molecule has 0 amide bonds. The molecule has 0 spiro atoms. The number of nitrogens with zero attached hydrogens (tertiary/aromatic N) is 1. The third-order valence-corrected chi connectivity index (χ3v) is 4.89. The van der Waals surface area contributed by atoms with Crippen LogP contribution in [0, 0.1) is 16.7 Å². The monoisotopic (exact) mass is 241 g/mol. The molecule has 0 radical (unpaired) electrons. The summed E-state index contributed by atoms with van der Waals surface area (Å²) in [6.45, 7) is 15.3. The van der Waals surface area contributed by atoms with E-state index in [1.165, 1.54) is 19.5 Å². The van der Waals surface area contributed by atoms with Crippen molar-refractivity contribution < 1.29 is 5.11 Å². The summed E-state index contributed by atoms with van der Waals surface area (Å²) in [4.78, 5) is 2.57. The SMILES string of the molecule is CCC(CC)(CO)CN1CCC(C(C)(C)C)C1. The highest BCUT2D eigenvalue weighted by molar-refractivity contribution is 4.88. The zero-order chi connectivity index (χ0) is 13.1. The minimum absolute atomic E-state index is 0.132. The number of hydrogen-bond donors (Lipinski definition) is 1. The minimum atomic E-state index is 0.132. The Bertz CT molecular complexity index is 219. The zero-order valence-corrected chi connectivity index (χ0v) is 12.4. The van der Waals surface area contributed by atoms with Crippen molar-refractivity contribution >= 4 is 0 Å². The van der Waals surface area contributed by atoms with Gasteiger partial charge in [-0.25, -0.2) is 0 Å². The minimum Gasteiger partial charge on any atom is -0.396 e. The fourth-order valence-electron chi connectivity index (χ4n) is 2.90. The summed E-state index contributed by atoms with van der Waals surface area (Å²) in [5.74, 6) is 0.813. The summed E-state index contributed by atoms with van der Waals surface area (Å²) in [7, 11) is 0. The molecule has 102 valence electrons. The van der Waals surface area contributed by atoms with Gasteiger partial charge in [-0.1, -0.05) is 34.6 Å². The Hall–Kier alpha value is -0.0800. The first-order valence-electron chi connectivity index (χ1n) is 7.20.